The van der Waals surface area contributed by atoms with Gasteiger partial charge in [0.1, 0.15) is 10.9 Å². The molecule has 1 saturated carbocycles. The molecule has 32 heavy (non-hydrogen) atoms. The van der Waals surface area contributed by atoms with Gasteiger partial charge in [-0.1, -0.05) is 67.1 Å². The molecular formula is C23H24Cl2N2O4S. The first-order valence-electron chi connectivity index (χ1n) is 10.7. The number of rotatable bonds is 5. The molecule has 0 N–H and O–H groups in total. The van der Waals surface area contributed by atoms with E-state index >= 15 is 0 Å². The number of imide groups is 1. The molecule has 0 bridgehead atoms. The van der Waals surface area contributed by atoms with Gasteiger partial charge in [-0.15, -0.1) is 0 Å². The maximum Gasteiger partial charge on any atom is 0.252 e. The van der Waals surface area contributed by atoms with E-state index in [1.165, 1.54) is 22.5 Å². The van der Waals surface area contributed by atoms with Gasteiger partial charge in [-0.2, -0.15) is 4.31 Å². The van der Waals surface area contributed by atoms with Crippen molar-refractivity contribution >= 4 is 50.7 Å². The van der Waals surface area contributed by atoms with Crippen LogP contribution in [0.3, 0.4) is 0 Å². The number of carbonyl (C=O) groups is 2. The first kappa shape index (κ1) is 23.2. The smallest absolute Gasteiger partial charge is 0.252 e. The first-order chi connectivity index (χ1) is 15.3. The zero-order chi connectivity index (χ0) is 22.9. The van der Waals surface area contributed by atoms with Crippen LogP contribution in [0.25, 0.3) is 0 Å². The van der Waals surface area contributed by atoms with Crippen molar-refractivity contribution in [1.82, 2.24) is 4.31 Å². The normalized spacial score (nSPS) is 20.7. The van der Waals surface area contributed by atoms with Crippen molar-refractivity contribution in [2.24, 2.45) is 0 Å². The van der Waals surface area contributed by atoms with E-state index in [1.807, 2.05) is 0 Å². The Morgan fingerprint density at radius 1 is 0.906 bits per heavy atom. The fourth-order valence-electron chi connectivity index (χ4n) is 4.58. The average Bonchev–Trinajstić information content (AvgIpc) is 2.93. The summed E-state index contributed by atoms with van der Waals surface area (Å²) < 4.78 is 29.0. The molecule has 0 aromatic heterocycles. The number of hydrogen-bond donors (Lipinski definition) is 0. The molecule has 1 unspecified atom stereocenters. The van der Waals surface area contributed by atoms with Crippen LogP contribution in [-0.2, 0) is 19.6 Å². The fourth-order valence-corrected chi connectivity index (χ4v) is 7.15. The number of benzene rings is 2. The van der Waals surface area contributed by atoms with E-state index in [1.54, 1.807) is 30.3 Å². The Morgan fingerprint density at radius 3 is 2.22 bits per heavy atom. The van der Waals surface area contributed by atoms with E-state index in [-0.39, 0.29) is 21.4 Å². The lowest BCUT2D eigenvalue weighted by Gasteiger charge is -2.34. The molecule has 2 fully saturated rings. The van der Waals surface area contributed by atoms with Crippen LogP contribution in [0.5, 0.6) is 0 Å². The summed E-state index contributed by atoms with van der Waals surface area (Å²) in [5, 5.41) is 0.262. The Labute approximate surface area is 198 Å². The summed E-state index contributed by atoms with van der Waals surface area (Å²) >= 11 is 12.3. The van der Waals surface area contributed by atoms with Crippen LogP contribution in [0.15, 0.2) is 53.4 Å². The second-order valence-corrected chi connectivity index (χ2v) is 10.8. The zero-order valence-corrected chi connectivity index (χ0v) is 19.7. The van der Waals surface area contributed by atoms with Gasteiger partial charge in [0.05, 0.1) is 17.1 Å². The molecule has 1 saturated heterocycles. The molecule has 0 radical (unpaired) electrons. The highest BCUT2D eigenvalue weighted by Gasteiger charge is 2.49. The third-order valence-electron chi connectivity index (χ3n) is 6.08. The molecule has 9 heteroatoms. The molecule has 1 heterocycles. The van der Waals surface area contributed by atoms with Crippen molar-refractivity contribution in [2.45, 2.75) is 61.9 Å². The third-order valence-corrected chi connectivity index (χ3v) is 8.76. The number of sulfonamides is 1. The highest BCUT2D eigenvalue weighted by Crippen LogP contribution is 2.37. The Morgan fingerprint density at radius 2 is 1.56 bits per heavy atom. The minimum Gasteiger partial charge on any atom is -0.274 e. The summed E-state index contributed by atoms with van der Waals surface area (Å²) in [7, 11) is -4.20. The van der Waals surface area contributed by atoms with Crippen LogP contribution in [0, 0.1) is 0 Å². The number of halogens is 2. The third kappa shape index (κ3) is 4.44. The molecular weight excluding hydrogens is 471 g/mol. The maximum absolute atomic E-state index is 13.9. The van der Waals surface area contributed by atoms with Gasteiger partial charge < -0.3 is 0 Å². The Hall–Kier alpha value is -1.93. The summed E-state index contributed by atoms with van der Waals surface area (Å²) in [4.78, 5) is 27.3. The lowest BCUT2D eigenvalue weighted by molar-refractivity contribution is -0.122. The summed E-state index contributed by atoms with van der Waals surface area (Å²) in [6.07, 6.45) is 4.78. The highest BCUT2D eigenvalue weighted by molar-refractivity contribution is 7.89. The minimum atomic E-state index is -4.20. The number of nitrogens with zero attached hydrogens (tertiary/aromatic N) is 2. The predicted octanol–water partition coefficient (Wildman–Crippen LogP) is 5.04. The van der Waals surface area contributed by atoms with E-state index in [9.17, 15) is 18.0 Å². The highest BCUT2D eigenvalue weighted by atomic mass is 35.5. The van der Waals surface area contributed by atoms with Crippen LogP contribution in [0.1, 0.15) is 44.9 Å². The van der Waals surface area contributed by atoms with Crippen LogP contribution >= 0.6 is 23.2 Å². The van der Waals surface area contributed by atoms with E-state index < -0.39 is 33.9 Å². The molecule has 6 nitrogen and oxygen atoms in total. The molecule has 4 rings (SSSR count). The molecule has 1 aliphatic heterocycles. The molecule has 0 spiro atoms. The van der Waals surface area contributed by atoms with Gasteiger partial charge >= 0.3 is 0 Å². The molecule has 2 aliphatic rings. The van der Waals surface area contributed by atoms with Crippen LogP contribution < -0.4 is 4.90 Å². The fraction of sp³-hybridized carbons (Fsp3) is 0.391. The van der Waals surface area contributed by atoms with E-state index in [4.69, 9.17) is 23.2 Å². The first-order valence-corrected chi connectivity index (χ1v) is 12.9. The SMILES string of the molecule is O=C1CC(N(C2CCCCCC2)S(=O)(=O)c2cc(Cl)ccc2Cl)C(=O)N1c1ccccc1. The van der Waals surface area contributed by atoms with Gasteiger partial charge in [-0.05, 0) is 43.2 Å². The van der Waals surface area contributed by atoms with Crippen LogP contribution in [-0.4, -0.2) is 36.6 Å². The summed E-state index contributed by atoms with van der Waals surface area (Å²) in [5.41, 5.74) is 0.434. The van der Waals surface area contributed by atoms with Crippen LogP contribution in [0.2, 0.25) is 10.0 Å². The van der Waals surface area contributed by atoms with E-state index in [0.717, 1.165) is 30.6 Å². The lowest BCUT2D eigenvalue weighted by atomic mass is 10.1. The van der Waals surface area contributed by atoms with Crippen molar-refractivity contribution < 1.29 is 18.0 Å². The standard InChI is InChI=1S/C23H24Cl2N2O4S/c24-16-12-13-19(25)21(14-16)32(30,31)27(18-10-4-1-2-5-11-18)20-15-22(28)26(23(20)29)17-8-6-3-7-9-17/h3,6-9,12-14,18,20H,1-2,4-5,10-11,15H2. The molecule has 2 aromatic rings. The second kappa shape index (κ2) is 9.51. The largest absolute Gasteiger partial charge is 0.274 e. The van der Waals surface area contributed by atoms with Gasteiger partial charge in [-0.3, -0.25) is 9.59 Å². The van der Waals surface area contributed by atoms with Crippen molar-refractivity contribution in [3.05, 3.63) is 58.6 Å². The topological polar surface area (TPSA) is 74.8 Å². The summed E-state index contributed by atoms with van der Waals surface area (Å²) in [6.45, 7) is 0. The van der Waals surface area contributed by atoms with Crippen molar-refractivity contribution in [3.63, 3.8) is 0 Å². The van der Waals surface area contributed by atoms with Gasteiger partial charge in [0.2, 0.25) is 15.9 Å². The molecule has 170 valence electrons. The predicted molar refractivity (Wildman–Crippen MR) is 124 cm³/mol. The summed E-state index contributed by atoms with van der Waals surface area (Å²) in [6, 6.07) is 11.3. The Balaban J connectivity index is 1.79. The van der Waals surface area contributed by atoms with Gasteiger partial charge in [0.15, 0.2) is 0 Å². The number of amides is 2. The summed E-state index contributed by atoms with van der Waals surface area (Å²) in [5.74, 6) is -0.954. The quantitative estimate of drug-likeness (QED) is 0.430. The Bertz CT molecular complexity index is 1120. The van der Waals surface area contributed by atoms with Crippen molar-refractivity contribution in [3.8, 4) is 0 Å². The monoisotopic (exact) mass is 494 g/mol. The van der Waals surface area contributed by atoms with Gasteiger partial charge in [0, 0.05) is 11.1 Å². The number of para-hydroxylation sites is 1. The van der Waals surface area contributed by atoms with E-state index in [0.29, 0.717) is 18.5 Å². The molecule has 2 aromatic carbocycles. The van der Waals surface area contributed by atoms with Crippen molar-refractivity contribution in [1.29, 1.82) is 0 Å². The van der Waals surface area contributed by atoms with Gasteiger partial charge in [-0.25, -0.2) is 13.3 Å². The Kier molecular flexibility index (Phi) is 6.91. The van der Waals surface area contributed by atoms with Crippen LogP contribution in [0.4, 0.5) is 5.69 Å². The van der Waals surface area contributed by atoms with Gasteiger partial charge in [0.25, 0.3) is 5.91 Å². The number of anilines is 1. The average molecular weight is 495 g/mol. The zero-order valence-electron chi connectivity index (χ0n) is 17.4. The van der Waals surface area contributed by atoms with E-state index in [2.05, 4.69) is 0 Å². The molecule has 1 atom stereocenters. The van der Waals surface area contributed by atoms with Crippen molar-refractivity contribution in [2.75, 3.05) is 4.90 Å². The molecule has 1 aliphatic carbocycles. The lowest BCUT2D eigenvalue weighted by Crippen LogP contribution is -2.50. The minimum absolute atomic E-state index is 0.0321. The number of carbonyl (C=O) groups excluding carboxylic acids is 2. The second-order valence-electron chi connectivity index (χ2n) is 8.18. The molecule has 2 amide bonds. The maximum atomic E-state index is 13.9. The number of hydrogen-bond acceptors (Lipinski definition) is 4.